The molecule has 84 valence electrons. The van der Waals surface area contributed by atoms with Crippen LogP contribution in [-0.2, 0) is 0 Å². The maximum atomic E-state index is 13.7. The monoisotopic (exact) mass is 308 g/mol. The standard InChI is InChI=1S/C12H6BrFN2S/c13-8-5-10-12(15-6-17-10)16-11(8)7-3-1-2-4-9(7)14/h1-6H. The molecule has 0 atom stereocenters. The van der Waals surface area contributed by atoms with Crippen molar-refractivity contribution in [3.8, 4) is 11.3 Å². The Morgan fingerprint density at radius 1 is 1.24 bits per heavy atom. The Bertz CT molecular complexity index is 696. The van der Waals surface area contributed by atoms with Crippen molar-refractivity contribution in [2.45, 2.75) is 0 Å². The van der Waals surface area contributed by atoms with Crippen LogP contribution in [0.25, 0.3) is 21.6 Å². The summed E-state index contributed by atoms with van der Waals surface area (Å²) in [6, 6.07) is 8.50. The van der Waals surface area contributed by atoms with Crippen LogP contribution in [0.3, 0.4) is 0 Å². The van der Waals surface area contributed by atoms with E-state index >= 15 is 0 Å². The van der Waals surface area contributed by atoms with Crippen LogP contribution in [0.1, 0.15) is 0 Å². The molecule has 0 fully saturated rings. The van der Waals surface area contributed by atoms with Crippen molar-refractivity contribution in [1.29, 1.82) is 0 Å². The second-order valence-corrected chi connectivity index (χ2v) is 5.21. The molecule has 0 unspecified atom stereocenters. The van der Waals surface area contributed by atoms with Crippen molar-refractivity contribution in [2.24, 2.45) is 0 Å². The molecule has 3 aromatic rings. The van der Waals surface area contributed by atoms with E-state index in [2.05, 4.69) is 25.9 Å². The summed E-state index contributed by atoms with van der Waals surface area (Å²) in [5.74, 6) is -0.282. The smallest absolute Gasteiger partial charge is 0.170 e. The van der Waals surface area contributed by atoms with Crippen LogP contribution in [0, 0.1) is 5.82 Å². The van der Waals surface area contributed by atoms with Gasteiger partial charge in [0.1, 0.15) is 5.82 Å². The number of thiazole rings is 1. The van der Waals surface area contributed by atoms with Crippen molar-refractivity contribution in [3.63, 3.8) is 0 Å². The number of halogens is 2. The van der Waals surface area contributed by atoms with Gasteiger partial charge >= 0.3 is 0 Å². The predicted octanol–water partition coefficient (Wildman–Crippen LogP) is 4.26. The van der Waals surface area contributed by atoms with E-state index in [-0.39, 0.29) is 5.82 Å². The van der Waals surface area contributed by atoms with Crippen LogP contribution in [0.2, 0.25) is 0 Å². The van der Waals surface area contributed by atoms with Crippen molar-refractivity contribution in [3.05, 3.63) is 46.1 Å². The van der Waals surface area contributed by atoms with Crippen LogP contribution in [0.15, 0.2) is 40.3 Å². The molecule has 0 saturated carbocycles. The van der Waals surface area contributed by atoms with E-state index in [1.807, 2.05) is 6.07 Å². The third kappa shape index (κ3) is 1.85. The minimum absolute atomic E-state index is 0.282. The first-order valence-electron chi connectivity index (χ1n) is 4.90. The summed E-state index contributed by atoms with van der Waals surface area (Å²) in [6.45, 7) is 0. The van der Waals surface area contributed by atoms with Gasteiger partial charge in [0.25, 0.3) is 0 Å². The first-order chi connectivity index (χ1) is 8.25. The highest BCUT2D eigenvalue weighted by Gasteiger charge is 2.12. The van der Waals surface area contributed by atoms with E-state index in [0.717, 1.165) is 9.17 Å². The van der Waals surface area contributed by atoms with Crippen LogP contribution >= 0.6 is 27.3 Å². The molecule has 0 saturated heterocycles. The SMILES string of the molecule is Fc1ccccc1-c1nc2ncsc2cc1Br. The molecule has 0 amide bonds. The topological polar surface area (TPSA) is 25.8 Å². The minimum Gasteiger partial charge on any atom is -0.226 e. The van der Waals surface area contributed by atoms with Gasteiger partial charge in [0.15, 0.2) is 5.65 Å². The highest BCUT2D eigenvalue weighted by Crippen LogP contribution is 2.31. The largest absolute Gasteiger partial charge is 0.226 e. The zero-order valence-electron chi connectivity index (χ0n) is 8.52. The molecule has 2 nitrogen and oxygen atoms in total. The molecule has 0 radical (unpaired) electrons. The Morgan fingerprint density at radius 3 is 2.88 bits per heavy atom. The number of aromatic nitrogens is 2. The van der Waals surface area contributed by atoms with E-state index in [1.165, 1.54) is 17.4 Å². The normalized spacial score (nSPS) is 10.9. The summed E-state index contributed by atoms with van der Waals surface area (Å²) >= 11 is 4.93. The number of rotatable bonds is 1. The average molecular weight is 309 g/mol. The number of hydrogen-bond donors (Lipinski definition) is 0. The fourth-order valence-electron chi connectivity index (χ4n) is 1.62. The highest BCUT2D eigenvalue weighted by atomic mass is 79.9. The lowest BCUT2D eigenvalue weighted by Gasteiger charge is -2.04. The molecule has 0 aliphatic rings. The van der Waals surface area contributed by atoms with E-state index in [1.54, 1.807) is 23.7 Å². The van der Waals surface area contributed by atoms with Gasteiger partial charge < -0.3 is 0 Å². The van der Waals surface area contributed by atoms with Gasteiger partial charge in [-0.25, -0.2) is 14.4 Å². The lowest BCUT2D eigenvalue weighted by Crippen LogP contribution is -1.89. The van der Waals surface area contributed by atoms with Gasteiger partial charge in [0, 0.05) is 10.0 Å². The quantitative estimate of drug-likeness (QED) is 0.671. The van der Waals surface area contributed by atoms with Crippen LogP contribution < -0.4 is 0 Å². The van der Waals surface area contributed by atoms with Crippen molar-refractivity contribution >= 4 is 37.6 Å². The third-order valence-corrected chi connectivity index (χ3v) is 3.78. The summed E-state index contributed by atoms with van der Waals surface area (Å²) in [5, 5.41) is 0. The molecule has 0 spiro atoms. The zero-order valence-corrected chi connectivity index (χ0v) is 10.9. The predicted molar refractivity (Wildman–Crippen MR) is 70.5 cm³/mol. The lowest BCUT2D eigenvalue weighted by atomic mass is 10.1. The lowest BCUT2D eigenvalue weighted by molar-refractivity contribution is 0.630. The fraction of sp³-hybridized carbons (Fsp3) is 0. The molecule has 5 heteroatoms. The second-order valence-electron chi connectivity index (χ2n) is 3.47. The molecule has 0 aliphatic heterocycles. The van der Waals surface area contributed by atoms with Gasteiger partial charge in [0.2, 0.25) is 0 Å². The second kappa shape index (κ2) is 4.16. The molecule has 0 aliphatic carbocycles. The Balaban J connectivity index is 2.30. The van der Waals surface area contributed by atoms with Crippen LogP contribution in [-0.4, -0.2) is 9.97 Å². The molecule has 2 heterocycles. The van der Waals surface area contributed by atoms with Crippen molar-refractivity contribution in [1.82, 2.24) is 9.97 Å². The summed E-state index contributed by atoms with van der Waals surface area (Å²) in [5.41, 5.74) is 3.45. The first-order valence-corrected chi connectivity index (χ1v) is 6.57. The van der Waals surface area contributed by atoms with E-state index < -0.39 is 0 Å². The first kappa shape index (κ1) is 10.8. The molecule has 17 heavy (non-hydrogen) atoms. The van der Waals surface area contributed by atoms with Gasteiger partial charge in [-0.15, -0.1) is 11.3 Å². The summed E-state index contributed by atoms with van der Waals surface area (Å²) < 4.78 is 15.5. The maximum Gasteiger partial charge on any atom is 0.170 e. The van der Waals surface area contributed by atoms with Gasteiger partial charge in [-0.05, 0) is 34.1 Å². The molecule has 1 aromatic carbocycles. The number of nitrogens with zero attached hydrogens (tertiary/aromatic N) is 2. The Hall–Kier alpha value is -1.33. The number of pyridine rings is 1. The molecule has 0 bridgehead atoms. The van der Waals surface area contributed by atoms with E-state index in [4.69, 9.17) is 0 Å². The summed E-state index contributed by atoms with van der Waals surface area (Å²) in [4.78, 5) is 8.52. The molecular weight excluding hydrogens is 303 g/mol. The van der Waals surface area contributed by atoms with E-state index in [9.17, 15) is 4.39 Å². The molecular formula is C12H6BrFN2S. The number of hydrogen-bond acceptors (Lipinski definition) is 3. The van der Waals surface area contributed by atoms with Crippen LogP contribution in [0.5, 0.6) is 0 Å². The minimum atomic E-state index is -0.282. The van der Waals surface area contributed by atoms with Crippen molar-refractivity contribution in [2.75, 3.05) is 0 Å². The average Bonchev–Trinajstić information content (AvgIpc) is 2.76. The van der Waals surface area contributed by atoms with Gasteiger partial charge in [0.05, 0.1) is 15.9 Å². The molecule has 2 aromatic heterocycles. The van der Waals surface area contributed by atoms with Gasteiger partial charge in [-0.2, -0.15) is 0 Å². The maximum absolute atomic E-state index is 13.7. The Labute approximate surface area is 109 Å². The molecule has 0 N–H and O–H groups in total. The summed E-state index contributed by atoms with van der Waals surface area (Å²) in [6.07, 6.45) is 0. The van der Waals surface area contributed by atoms with Crippen LogP contribution in [0.4, 0.5) is 4.39 Å². The highest BCUT2D eigenvalue weighted by molar-refractivity contribution is 9.10. The fourth-order valence-corrected chi connectivity index (χ4v) is 2.96. The molecule has 3 rings (SSSR count). The zero-order chi connectivity index (χ0) is 11.8. The van der Waals surface area contributed by atoms with Gasteiger partial charge in [-0.3, -0.25) is 0 Å². The van der Waals surface area contributed by atoms with Gasteiger partial charge in [-0.1, -0.05) is 12.1 Å². The summed E-state index contributed by atoms with van der Waals surface area (Å²) in [7, 11) is 0. The Morgan fingerprint density at radius 2 is 2.06 bits per heavy atom. The van der Waals surface area contributed by atoms with E-state index in [0.29, 0.717) is 16.9 Å². The van der Waals surface area contributed by atoms with Crippen molar-refractivity contribution < 1.29 is 4.39 Å². The number of fused-ring (bicyclic) bond motifs is 1. The Kier molecular flexibility index (Phi) is 2.64. The number of benzene rings is 1. The third-order valence-electron chi connectivity index (χ3n) is 2.41.